The van der Waals surface area contributed by atoms with Gasteiger partial charge in [0, 0.05) is 25.2 Å². The molecule has 0 bridgehead atoms. The monoisotopic (exact) mass is 393 g/mol. The van der Waals surface area contributed by atoms with Crippen LogP contribution in [0.3, 0.4) is 0 Å². The highest BCUT2D eigenvalue weighted by Gasteiger charge is 2.34. The molecule has 2 aromatic rings. The quantitative estimate of drug-likeness (QED) is 0.858. The molecule has 2 aromatic carbocycles. The van der Waals surface area contributed by atoms with E-state index >= 15 is 0 Å². The molecule has 2 heterocycles. The van der Waals surface area contributed by atoms with Gasteiger partial charge in [0.25, 0.3) is 5.91 Å². The highest BCUT2D eigenvalue weighted by molar-refractivity contribution is 6.01. The fourth-order valence-electron chi connectivity index (χ4n) is 3.95. The summed E-state index contributed by atoms with van der Waals surface area (Å²) in [5.74, 6) is -0.523. The summed E-state index contributed by atoms with van der Waals surface area (Å²) in [4.78, 5) is 40.7. The number of fused-ring (bicyclic) bond motifs is 2. The van der Waals surface area contributed by atoms with Gasteiger partial charge in [0.1, 0.15) is 5.75 Å². The number of hydrogen-bond acceptors (Lipinski definition) is 4. The zero-order valence-electron chi connectivity index (χ0n) is 16.2. The number of nitrogens with zero attached hydrogens (tertiary/aromatic N) is 2. The van der Waals surface area contributed by atoms with E-state index in [-0.39, 0.29) is 31.3 Å². The number of hydrogen-bond donors (Lipinski definition) is 1. The zero-order valence-corrected chi connectivity index (χ0v) is 16.2. The van der Waals surface area contributed by atoms with Gasteiger partial charge in [0.2, 0.25) is 11.8 Å². The molecule has 7 nitrogen and oxygen atoms in total. The van der Waals surface area contributed by atoms with Crippen molar-refractivity contribution < 1.29 is 19.1 Å². The first-order chi connectivity index (χ1) is 14.0. The molecule has 29 heavy (non-hydrogen) atoms. The molecule has 0 spiro atoms. The SMILES string of the molecule is CC1Oc2ccccc2N(CCC(=O)N2CC(C(N)=O)Cc3ccccc32)C1=O. The summed E-state index contributed by atoms with van der Waals surface area (Å²) >= 11 is 0. The van der Waals surface area contributed by atoms with Gasteiger partial charge in [-0.2, -0.15) is 0 Å². The van der Waals surface area contributed by atoms with Crippen LogP contribution in [0.1, 0.15) is 18.9 Å². The van der Waals surface area contributed by atoms with Gasteiger partial charge >= 0.3 is 0 Å². The Hall–Kier alpha value is -3.35. The second-order valence-corrected chi connectivity index (χ2v) is 7.40. The smallest absolute Gasteiger partial charge is 0.267 e. The lowest BCUT2D eigenvalue weighted by molar-refractivity contribution is -0.125. The third-order valence-corrected chi connectivity index (χ3v) is 5.48. The summed E-state index contributed by atoms with van der Waals surface area (Å²) in [6.07, 6.45) is 0.0596. The summed E-state index contributed by atoms with van der Waals surface area (Å²) in [7, 11) is 0. The first-order valence-electron chi connectivity index (χ1n) is 9.70. The van der Waals surface area contributed by atoms with Gasteiger partial charge in [-0.3, -0.25) is 14.4 Å². The van der Waals surface area contributed by atoms with E-state index in [1.54, 1.807) is 16.7 Å². The van der Waals surface area contributed by atoms with Crippen LogP contribution in [0.15, 0.2) is 48.5 Å². The number of primary amides is 1. The maximum atomic E-state index is 13.1. The van der Waals surface area contributed by atoms with Crippen molar-refractivity contribution in [3.63, 3.8) is 0 Å². The third kappa shape index (κ3) is 3.55. The van der Waals surface area contributed by atoms with Crippen LogP contribution >= 0.6 is 0 Å². The van der Waals surface area contributed by atoms with Gasteiger partial charge in [0.05, 0.1) is 11.6 Å². The van der Waals surface area contributed by atoms with Crippen LogP contribution in [-0.2, 0) is 20.8 Å². The second-order valence-electron chi connectivity index (χ2n) is 7.40. The van der Waals surface area contributed by atoms with Crippen LogP contribution in [0.4, 0.5) is 11.4 Å². The van der Waals surface area contributed by atoms with E-state index in [1.807, 2.05) is 48.5 Å². The largest absolute Gasteiger partial charge is 0.479 e. The average molecular weight is 393 g/mol. The minimum atomic E-state index is -0.602. The number of carbonyl (C=O) groups excluding carboxylic acids is 3. The number of nitrogens with two attached hydrogens (primary N) is 1. The topological polar surface area (TPSA) is 92.9 Å². The average Bonchev–Trinajstić information content (AvgIpc) is 2.73. The Bertz CT molecular complexity index is 974. The fraction of sp³-hybridized carbons (Fsp3) is 0.318. The summed E-state index contributed by atoms with van der Waals surface area (Å²) in [5.41, 5.74) is 7.92. The lowest BCUT2D eigenvalue weighted by Gasteiger charge is -2.35. The molecule has 0 fully saturated rings. The minimum Gasteiger partial charge on any atom is -0.479 e. The van der Waals surface area contributed by atoms with Gasteiger partial charge in [-0.15, -0.1) is 0 Å². The van der Waals surface area contributed by atoms with Gasteiger partial charge in [-0.25, -0.2) is 0 Å². The molecule has 0 radical (unpaired) electrons. The molecule has 2 N–H and O–H groups in total. The van der Waals surface area contributed by atoms with Gasteiger partial charge in [0.15, 0.2) is 6.10 Å². The van der Waals surface area contributed by atoms with E-state index in [4.69, 9.17) is 10.5 Å². The molecule has 2 aliphatic heterocycles. The standard InChI is InChI=1S/C22H23N3O4/c1-14-22(28)24(18-8-4-5-9-19(18)29-14)11-10-20(26)25-13-16(21(23)27)12-15-6-2-3-7-17(15)25/h2-9,14,16H,10-13H2,1H3,(H2,23,27). The number of rotatable bonds is 4. The lowest BCUT2D eigenvalue weighted by atomic mass is 9.91. The van der Waals surface area contributed by atoms with Crippen molar-refractivity contribution in [1.29, 1.82) is 0 Å². The Morgan fingerprint density at radius 3 is 2.55 bits per heavy atom. The van der Waals surface area contributed by atoms with Crippen LogP contribution in [0, 0.1) is 5.92 Å². The predicted octanol–water partition coefficient (Wildman–Crippen LogP) is 1.88. The Balaban J connectivity index is 1.54. The second kappa shape index (κ2) is 7.58. The van der Waals surface area contributed by atoms with Crippen LogP contribution in [0.5, 0.6) is 5.75 Å². The number of amides is 3. The molecular weight excluding hydrogens is 370 g/mol. The Kier molecular flexibility index (Phi) is 4.96. The number of carbonyl (C=O) groups is 3. The number of anilines is 2. The lowest BCUT2D eigenvalue weighted by Crippen LogP contribution is -2.48. The first kappa shape index (κ1) is 19.0. The van der Waals surface area contributed by atoms with Crippen molar-refractivity contribution in [3.05, 3.63) is 54.1 Å². The molecular formula is C22H23N3O4. The molecule has 2 atom stereocenters. The summed E-state index contributed by atoms with van der Waals surface area (Å²) in [6.45, 7) is 2.20. The Labute approximate surface area is 169 Å². The van der Waals surface area contributed by atoms with E-state index in [0.717, 1.165) is 11.3 Å². The number of benzene rings is 2. The van der Waals surface area contributed by atoms with E-state index in [0.29, 0.717) is 17.9 Å². The predicted molar refractivity (Wildman–Crippen MR) is 109 cm³/mol. The summed E-state index contributed by atoms with van der Waals surface area (Å²) in [6, 6.07) is 14.8. The van der Waals surface area contributed by atoms with Crippen molar-refractivity contribution >= 4 is 29.1 Å². The Morgan fingerprint density at radius 2 is 1.79 bits per heavy atom. The fourth-order valence-corrected chi connectivity index (χ4v) is 3.95. The van der Waals surface area contributed by atoms with Crippen molar-refractivity contribution in [3.8, 4) is 5.75 Å². The molecule has 0 saturated carbocycles. The highest BCUT2D eigenvalue weighted by Crippen LogP contribution is 2.34. The molecule has 0 saturated heterocycles. The maximum absolute atomic E-state index is 13.1. The van der Waals surface area contributed by atoms with Crippen molar-refractivity contribution in [2.75, 3.05) is 22.9 Å². The zero-order chi connectivity index (χ0) is 20.5. The molecule has 2 aliphatic rings. The van der Waals surface area contributed by atoms with E-state index < -0.39 is 17.9 Å². The van der Waals surface area contributed by atoms with Crippen molar-refractivity contribution in [1.82, 2.24) is 0 Å². The minimum absolute atomic E-state index is 0.132. The van der Waals surface area contributed by atoms with Crippen molar-refractivity contribution in [2.45, 2.75) is 25.9 Å². The third-order valence-electron chi connectivity index (χ3n) is 5.48. The van der Waals surface area contributed by atoms with Gasteiger partial charge in [-0.05, 0) is 37.1 Å². The van der Waals surface area contributed by atoms with Crippen LogP contribution in [0.25, 0.3) is 0 Å². The van der Waals surface area contributed by atoms with E-state index in [9.17, 15) is 14.4 Å². The van der Waals surface area contributed by atoms with Crippen LogP contribution < -0.4 is 20.3 Å². The molecule has 7 heteroatoms. The summed E-state index contributed by atoms with van der Waals surface area (Å²) in [5, 5.41) is 0. The molecule has 0 aliphatic carbocycles. The van der Waals surface area contributed by atoms with Crippen LogP contribution in [0.2, 0.25) is 0 Å². The highest BCUT2D eigenvalue weighted by atomic mass is 16.5. The van der Waals surface area contributed by atoms with Gasteiger partial charge in [-0.1, -0.05) is 30.3 Å². The molecule has 4 rings (SSSR count). The van der Waals surface area contributed by atoms with Crippen molar-refractivity contribution in [2.24, 2.45) is 11.7 Å². The van der Waals surface area contributed by atoms with Crippen LogP contribution in [-0.4, -0.2) is 36.9 Å². The maximum Gasteiger partial charge on any atom is 0.267 e. The van der Waals surface area contributed by atoms with E-state index in [2.05, 4.69) is 0 Å². The first-order valence-corrected chi connectivity index (χ1v) is 9.70. The Morgan fingerprint density at radius 1 is 1.10 bits per heavy atom. The number of ether oxygens (including phenoxy) is 1. The van der Waals surface area contributed by atoms with Gasteiger partial charge < -0.3 is 20.3 Å². The molecule has 150 valence electrons. The normalized spacial score (nSPS) is 20.5. The van der Waals surface area contributed by atoms with E-state index in [1.165, 1.54) is 0 Å². The molecule has 3 amide bonds. The molecule has 0 aromatic heterocycles. The number of para-hydroxylation sites is 3. The molecule has 2 unspecified atom stereocenters. The summed E-state index contributed by atoms with van der Waals surface area (Å²) < 4.78 is 5.65.